The monoisotopic (exact) mass is 405 g/mol. The van der Waals surface area contributed by atoms with E-state index in [2.05, 4.69) is 36.2 Å². The zero-order valence-electron chi connectivity index (χ0n) is 12.9. The van der Waals surface area contributed by atoms with E-state index in [0.29, 0.717) is 10.2 Å². The molecule has 0 fully saturated rings. The Labute approximate surface area is 144 Å². The molecule has 2 aromatic rings. The van der Waals surface area contributed by atoms with Crippen LogP contribution < -0.4 is 10.1 Å². The van der Waals surface area contributed by atoms with Crippen molar-refractivity contribution in [3.63, 3.8) is 0 Å². The van der Waals surface area contributed by atoms with Crippen molar-refractivity contribution >= 4 is 27.5 Å². The summed E-state index contributed by atoms with van der Waals surface area (Å²) >= 11 is 3.32. The van der Waals surface area contributed by atoms with Gasteiger partial charge in [-0.2, -0.15) is 18.3 Å². The maximum atomic E-state index is 12.3. The lowest BCUT2D eigenvalue weighted by atomic mass is 10.1. The van der Waals surface area contributed by atoms with Crippen molar-refractivity contribution in [1.29, 1.82) is 0 Å². The fraction of sp³-hybridized carbons (Fsp3) is 0.333. The highest BCUT2D eigenvalue weighted by Gasteiger charge is 2.28. The summed E-state index contributed by atoms with van der Waals surface area (Å²) in [5.74, 6) is -0.334. The van der Waals surface area contributed by atoms with Crippen LogP contribution in [0, 0.1) is 0 Å². The molecule has 0 saturated heterocycles. The van der Waals surface area contributed by atoms with Gasteiger partial charge in [0.25, 0.3) is 5.91 Å². The van der Waals surface area contributed by atoms with E-state index in [1.807, 2.05) is 13.8 Å². The molecule has 0 bridgehead atoms. The van der Waals surface area contributed by atoms with Crippen molar-refractivity contribution < 1.29 is 22.7 Å². The molecule has 130 valence electrons. The number of H-pyrrole nitrogens is 1. The molecule has 0 spiro atoms. The van der Waals surface area contributed by atoms with Crippen LogP contribution in [-0.2, 0) is 0 Å². The molecule has 1 aromatic heterocycles. The van der Waals surface area contributed by atoms with Crippen LogP contribution in [0.25, 0.3) is 0 Å². The average Bonchev–Trinajstić information content (AvgIpc) is 2.87. The second-order valence-corrected chi connectivity index (χ2v) is 6.13. The van der Waals surface area contributed by atoms with Crippen molar-refractivity contribution in [2.24, 2.45) is 0 Å². The summed E-state index contributed by atoms with van der Waals surface area (Å²) in [4.78, 5) is 12.3. The molecular formula is C15H15BrF3N3O2. The van der Waals surface area contributed by atoms with E-state index < -0.39 is 18.7 Å². The van der Waals surface area contributed by atoms with Gasteiger partial charge in [0.15, 0.2) is 12.3 Å². The summed E-state index contributed by atoms with van der Waals surface area (Å²) in [6, 6.07) is 5.72. The minimum absolute atomic E-state index is 0.00841. The Kier molecular flexibility index (Phi) is 5.53. The van der Waals surface area contributed by atoms with Gasteiger partial charge in [0.05, 0.1) is 10.2 Å². The highest BCUT2D eigenvalue weighted by Crippen LogP contribution is 2.27. The third-order valence-electron chi connectivity index (χ3n) is 3.02. The van der Waals surface area contributed by atoms with Gasteiger partial charge in [-0.15, -0.1) is 0 Å². The number of alkyl halides is 3. The number of rotatable bonds is 5. The molecule has 9 heteroatoms. The maximum Gasteiger partial charge on any atom is 0.422 e. The summed E-state index contributed by atoms with van der Waals surface area (Å²) < 4.78 is 41.7. The first-order valence-corrected chi connectivity index (χ1v) is 7.81. The zero-order valence-corrected chi connectivity index (χ0v) is 14.5. The van der Waals surface area contributed by atoms with Gasteiger partial charge in [0.2, 0.25) is 0 Å². The summed E-state index contributed by atoms with van der Waals surface area (Å²) in [6.07, 6.45) is -4.42. The predicted molar refractivity (Wildman–Crippen MR) is 86.3 cm³/mol. The predicted octanol–water partition coefficient (Wildman–Crippen LogP) is 4.49. The maximum absolute atomic E-state index is 12.3. The van der Waals surface area contributed by atoms with Crippen LogP contribution in [0.4, 0.5) is 18.9 Å². The van der Waals surface area contributed by atoms with Gasteiger partial charge >= 0.3 is 6.18 Å². The number of carbonyl (C=O) groups is 1. The molecule has 0 atom stereocenters. The Hall–Kier alpha value is -2.03. The van der Waals surface area contributed by atoms with Crippen molar-refractivity contribution in [2.75, 3.05) is 11.9 Å². The first-order valence-electron chi connectivity index (χ1n) is 7.02. The molecule has 1 amide bonds. The van der Waals surface area contributed by atoms with E-state index >= 15 is 0 Å². The number of carbonyl (C=O) groups excluding carboxylic acids is 1. The van der Waals surface area contributed by atoms with Crippen molar-refractivity contribution in [2.45, 2.75) is 25.9 Å². The Bertz CT molecular complexity index is 729. The first-order chi connectivity index (χ1) is 11.2. The highest BCUT2D eigenvalue weighted by molar-refractivity contribution is 9.10. The van der Waals surface area contributed by atoms with Crippen molar-refractivity contribution in [3.05, 3.63) is 40.1 Å². The van der Waals surface area contributed by atoms with Gasteiger partial charge in [-0.3, -0.25) is 9.89 Å². The Balaban J connectivity index is 2.09. The molecule has 5 nitrogen and oxygen atoms in total. The smallest absolute Gasteiger partial charge is 0.422 e. The molecule has 0 aliphatic rings. The minimum atomic E-state index is -4.42. The molecule has 2 N–H and O–H groups in total. The van der Waals surface area contributed by atoms with Crippen LogP contribution in [0.15, 0.2) is 28.7 Å². The first kappa shape index (κ1) is 18.3. The van der Waals surface area contributed by atoms with Crippen molar-refractivity contribution in [1.82, 2.24) is 10.2 Å². The fourth-order valence-corrected chi connectivity index (χ4v) is 2.71. The molecule has 0 aliphatic carbocycles. The average molecular weight is 406 g/mol. The molecule has 0 aliphatic heterocycles. The van der Waals surface area contributed by atoms with Crippen LogP contribution in [0.2, 0.25) is 0 Å². The lowest BCUT2D eigenvalue weighted by Gasteiger charge is -2.10. The van der Waals surface area contributed by atoms with Gasteiger partial charge in [-0.1, -0.05) is 19.9 Å². The van der Waals surface area contributed by atoms with Crippen molar-refractivity contribution in [3.8, 4) is 5.75 Å². The third kappa shape index (κ3) is 4.73. The van der Waals surface area contributed by atoms with Crippen LogP contribution in [0.1, 0.15) is 35.9 Å². The molecule has 1 aromatic carbocycles. The summed E-state index contributed by atoms with van der Waals surface area (Å²) in [5, 5.41) is 9.32. The lowest BCUT2D eigenvalue weighted by molar-refractivity contribution is -0.153. The van der Waals surface area contributed by atoms with Gasteiger partial charge in [0, 0.05) is 11.8 Å². The van der Waals surface area contributed by atoms with E-state index in [1.165, 1.54) is 18.2 Å². The summed E-state index contributed by atoms with van der Waals surface area (Å²) in [6.45, 7) is 2.50. The lowest BCUT2D eigenvalue weighted by Crippen LogP contribution is -2.19. The number of nitrogens with zero attached hydrogens (tertiary/aromatic N) is 1. The van der Waals surface area contributed by atoms with Crippen LogP contribution in [0.3, 0.4) is 0 Å². The van der Waals surface area contributed by atoms with Gasteiger partial charge < -0.3 is 10.1 Å². The third-order valence-corrected chi connectivity index (χ3v) is 3.82. The number of anilines is 1. The van der Waals surface area contributed by atoms with Gasteiger partial charge in [-0.05, 0) is 34.0 Å². The molecule has 0 unspecified atom stereocenters. The standard InChI is InChI=1S/C15H15BrF3N3O2/c1-8(2)12-11(16)13(22-21-12)14(23)20-9-4-3-5-10(6-9)24-7-15(17,18)19/h3-6,8H,7H2,1-2H3,(H,20,23)(H,21,22). The Morgan fingerprint density at radius 3 is 2.71 bits per heavy atom. The molecule has 0 radical (unpaired) electrons. The normalized spacial score (nSPS) is 11.6. The minimum Gasteiger partial charge on any atom is -0.484 e. The number of halogens is 4. The highest BCUT2D eigenvalue weighted by atomic mass is 79.9. The molecule has 24 heavy (non-hydrogen) atoms. The number of benzene rings is 1. The molecular weight excluding hydrogens is 391 g/mol. The number of hydrogen-bond acceptors (Lipinski definition) is 3. The number of hydrogen-bond donors (Lipinski definition) is 2. The van der Waals surface area contributed by atoms with E-state index in [1.54, 1.807) is 6.07 Å². The number of amides is 1. The van der Waals surface area contributed by atoms with E-state index in [4.69, 9.17) is 0 Å². The van der Waals surface area contributed by atoms with Gasteiger partial charge in [-0.25, -0.2) is 0 Å². The SMILES string of the molecule is CC(C)c1[nH]nc(C(=O)Nc2cccc(OCC(F)(F)F)c2)c1Br. The Morgan fingerprint density at radius 1 is 1.42 bits per heavy atom. The second-order valence-electron chi connectivity index (χ2n) is 5.34. The van der Waals surface area contributed by atoms with Crippen LogP contribution in [-0.4, -0.2) is 28.9 Å². The Morgan fingerprint density at radius 2 is 2.12 bits per heavy atom. The van der Waals surface area contributed by atoms with Gasteiger partial charge in [0.1, 0.15) is 5.75 Å². The summed E-state index contributed by atoms with van der Waals surface area (Å²) in [7, 11) is 0. The quantitative estimate of drug-likeness (QED) is 0.769. The zero-order chi connectivity index (χ0) is 17.9. The second kappa shape index (κ2) is 7.25. The number of aromatic amines is 1. The van der Waals surface area contributed by atoms with Crippen LogP contribution in [0.5, 0.6) is 5.75 Å². The number of ether oxygens (including phenoxy) is 1. The number of aromatic nitrogens is 2. The fourth-order valence-electron chi connectivity index (χ4n) is 1.89. The van der Waals surface area contributed by atoms with E-state index in [-0.39, 0.29) is 17.4 Å². The largest absolute Gasteiger partial charge is 0.484 e. The summed E-state index contributed by atoms with van der Waals surface area (Å²) in [5.41, 5.74) is 1.25. The number of nitrogens with one attached hydrogen (secondary N) is 2. The topological polar surface area (TPSA) is 67.0 Å². The molecule has 0 saturated carbocycles. The van der Waals surface area contributed by atoms with E-state index in [0.717, 1.165) is 5.69 Å². The van der Waals surface area contributed by atoms with Crippen LogP contribution >= 0.6 is 15.9 Å². The van der Waals surface area contributed by atoms with E-state index in [9.17, 15) is 18.0 Å². The molecule has 2 rings (SSSR count). The molecule has 1 heterocycles.